The maximum Gasteiger partial charge on any atom is 0.410 e. The number of hydrogen-bond acceptors (Lipinski definition) is 4. The molecule has 0 spiro atoms. The fraction of sp³-hybridized carbons (Fsp3) is 0.750. The molecule has 0 unspecified atom stereocenters. The summed E-state index contributed by atoms with van der Waals surface area (Å²) in [5.74, 6) is -0.398. The molecule has 1 aliphatic rings. The molecule has 120 valence electrons. The van der Waals surface area contributed by atoms with Crippen LogP contribution in [0.25, 0.3) is 0 Å². The van der Waals surface area contributed by atoms with Gasteiger partial charge in [-0.2, -0.15) is 0 Å². The first-order valence-electron chi connectivity index (χ1n) is 7.35. The summed E-state index contributed by atoms with van der Waals surface area (Å²) >= 11 is 0. The molecule has 1 heterocycles. The highest BCUT2D eigenvalue weighted by Gasteiger charge is 2.42. The molecule has 5 heteroatoms. The Balaban J connectivity index is 2.68. The zero-order valence-electron chi connectivity index (χ0n) is 13.8. The third-order valence-electron chi connectivity index (χ3n) is 3.47. The highest BCUT2D eigenvalue weighted by atomic mass is 16.6. The Hall–Kier alpha value is -1.52. The molecule has 0 radical (unpaired) electrons. The molecule has 5 nitrogen and oxygen atoms in total. The normalized spacial score (nSPS) is 21.6. The molecule has 0 aromatic rings. The predicted octanol–water partition coefficient (Wildman–Crippen LogP) is 3.14. The maximum atomic E-state index is 12.3. The van der Waals surface area contributed by atoms with Crippen LogP contribution in [0, 0.1) is 5.92 Å². The van der Waals surface area contributed by atoms with Crippen molar-refractivity contribution >= 4 is 12.1 Å². The van der Waals surface area contributed by atoms with E-state index in [2.05, 4.69) is 6.58 Å². The molecule has 1 rings (SSSR count). The van der Waals surface area contributed by atoms with Crippen LogP contribution < -0.4 is 0 Å². The van der Waals surface area contributed by atoms with Crippen LogP contribution in [0.1, 0.15) is 47.5 Å². The number of likely N-dealkylation sites (tertiary alicyclic amines) is 1. The van der Waals surface area contributed by atoms with Crippen LogP contribution in [0.3, 0.4) is 0 Å². The Morgan fingerprint density at radius 2 is 2.00 bits per heavy atom. The van der Waals surface area contributed by atoms with Crippen molar-refractivity contribution in [1.82, 2.24) is 4.90 Å². The van der Waals surface area contributed by atoms with Crippen molar-refractivity contribution in [1.29, 1.82) is 0 Å². The second-order valence-electron chi connectivity index (χ2n) is 7.05. The Morgan fingerprint density at radius 1 is 1.38 bits per heavy atom. The number of amides is 1. The molecule has 1 amide bonds. The van der Waals surface area contributed by atoms with E-state index in [1.54, 1.807) is 11.0 Å². The van der Waals surface area contributed by atoms with Crippen LogP contribution in [0.15, 0.2) is 12.7 Å². The van der Waals surface area contributed by atoms with E-state index in [1.165, 1.54) is 0 Å². The number of nitrogens with zero attached hydrogens (tertiary/aromatic N) is 1. The van der Waals surface area contributed by atoms with E-state index < -0.39 is 11.1 Å². The maximum absolute atomic E-state index is 12.3. The predicted molar refractivity (Wildman–Crippen MR) is 80.9 cm³/mol. The van der Waals surface area contributed by atoms with Crippen LogP contribution in [0.2, 0.25) is 0 Å². The molecular weight excluding hydrogens is 270 g/mol. The highest BCUT2D eigenvalue weighted by molar-refractivity contribution is 5.74. The number of hydrogen-bond donors (Lipinski definition) is 0. The van der Waals surface area contributed by atoms with Crippen molar-refractivity contribution in [3.63, 3.8) is 0 Å². The van der Waals surface area contributed by atoms with Gasteiger partial charge in [0, 0.05) is 12.1 Å². The zero-order chi connectivity index (χ0) is 16.3. The number of piperidine rings is 1. The van der Waals surface area contributed by atoms with Gasteiger partial charge < -0.3 is 14.4 Å². The van der Waals surface area contributed by atoms with Gasteiger partial charge in [-0.05, 0) is 47.5 Å². The average Bonchev–Trinajstić information content (AvgIpc) is 2.32. The van der Waals surface area contributed by atoms with E-state index in [1.807, 2.05) is 34.6 Å². The van der Waals surface area contributed by atoms with Gasteiger partial charge in [-0.15, -0.1) is 0 Å². The molecule has 1 aliphatic heterocycles. The second kappa shape index (κ2) is 6.50. The smallest absolute Gasteiger partial charge is 0.410 e. The second-order valence-corrected chi connectivity index (χ2v) is 7.05. The van der Waals surface area contributed by atoms with E-state index in [4.69, 9.17) is 9.47 Å². The van der Waals surface area contributed by atoms with Crippen molar-refractivity contribution < 1.29 is 19.1 Å². The van der Waals surface area contributed by atoms with Crippen LogP contribution in [-0.2, 0) is 14.3 Å². The standard InChI is InChI=1S/C16H27NO4/c1-7-10-20-13(18)12-8-9-17(16(5,6)11-12)14(19)21-15(2,3)4/h7,12H,1,8-11H2,2-6H3/t12-/m1/s1. The number of carbonyl (C=O) groups excluding carboxylic acids is 2. The Kier molecular flexibility index (Phi) is 5.42. The molecule has 0 bridgehead atoms. The van der Waals surface area contributed by atoms with Gasteiger partial charge >= 0.3 is 12.1 Å². The van der Waals surface area contributed by atoms with Crippen LogP contribution in [0.4, 0.5) is 4.79 Å². The first-order valence-corrected chi connectivity index (χ1v) is 7.35. The van der Waals surface area contributed by atoms with Crippen molar-refractivity contribution in [3.05, 3.63) is 12.7 Å². The molecule has 1 atom stereocenters. The molecule has 1 fully saturated rings. The number of ether oxygens (including phenoxy) is 2. The van der Waals surface area contributed by atoms with E-state index in [9.17, 15) is 9.59 Å². The number of esters is 1. The lowest BCUT2D eigenvalue weighted by Gasteiger charge is -2.44. The third-order valence-corrected chi connectivity index (χ3v) is 3.47. The van der Waals surface area contributed by atoms with E-state index in [-0.39, 0.29) is 24.6 Å². The molecule has 0 aliphatic carbocycles. The largest absolute Gasteiger partial charge is 0.461 e. The van der Waals surface area contributed by atoms with Gasteiger partial charge in [-0.25, -0.2) is 4.79 Å². The SMILES string of the molecule is C=CCOC(=O)[C@@H]1CCN(C(=O)OC(C)(C)C)C(C)(C)C1. The van der Waals surface area contributed by atoms with Gasteiger partial charge in [0.05, 0.1) is 5.92 Å². The summed E-state index contributed by atoms with van der Waals surface area (Å²) in [5, 5.41) is 0. The van der Waals surface area contributed by atoms with Crippen LogP contribution in [-0.4, -0.2) is 41.3 Å². The number of rotatable bonds is 3. The third kappa shape index (κ3) is 5.06. The zero-order valence-corrected chi connectivity index (χ0v) is 13.8. The van der Waals surface area contributed by atoms with Gasteiger partial charge in [0.25, 0.3) is 0 Å². The summed E-state index contributed by atoms with van der Waals surface area (Å²) in [4.78, 5) is 25.9. The van der Waals surface area contributed by atoms with Gasteiger partial charge in [0.2, 0.25) is 0 Å². The van der Waals surface area contributed by atoms with Crippen molar-refractivity contribution in [2.24, 2.45) is 5.92 Å². The summed E-state index contributed by atoms with van der Waals surface area (Å²) in [6, 6.07) is 0. The minimum Gasteiger partial charge on any atom is -0.461 e. The fourth-order valence-corrected chi connectivity index (χ4v) is 2.52. The Labute approximate surface area is 127 Å². The Bertz CT molecular complexity index is 409. The minimum atomic E-state index is -0.521. The first kappa shape index (κ1) is 17.5. The first-order chi connectivity index (χ1) is 9.57. The summed E-state index contributed by atoms with van der Waals surface area (Å²) in [6.45, 7) is 13.7. The fourth-order valence-electron chi connectivity index (χ4n) is 2.52. The molecule has 0 saturated carbocycles. The quantitative estimate of drug-likeness (QED) is 0.593. The van der Waals surface area contributed by atoms with Gasteiger partial charge in [0.15, 0.2) is 0 Å². The average molecular weight is 297 g/mol. The summed E-state index contributed by atoms with van der Waals surface area (Å²) in [7, 11) is 0. The van der Waals surface area contributed by atoms with Crippen molar-refractivity contribution in [2.45, 2.75) is 58.6 Å². The van der Waals surface area contributed by atoms with Gasteiger partial charge in [0.1, 0.15) is 12.2 Å². The lowest BCUT2D eigenvalue weighted by molar-refractivity contribution is -0.150. The highest BCUT2D eigenvalue weighted by Crippen LogP contribution is 2.33. The van der Waals surface area contributed by atoms with Crippen LogP contribution >= 0.6 is 0 Å². The lowest BCUT2D eigenvalue weighted by atomic mass is 9.83. The number of carbonyl (C=O) groups is 2. The van der Waals surface area contributed by atoms with E-state index >= 15 is 0 Å². The minimum absolute atomic E-state index is 0.182. The van der Waals surface area contributed by atoms with E-state index in [0.29, 0.717) is 19.4 Å². The monoisotopic (exact) mass is 297 g/mol. The summed E-state index contributed by atoms with van der Waals surface area (Å²) < 4.78 is 10.5. The van der Waals surface area contributed by atoms with Crippen molar-refractivity contribution in [2.75, 3.05) is 13.2 Å². The summed E-state index contributed by atoms with van der Waals surface area (Å²) in [6.07, 6.45) is 2.39. The van der Waals surface area contributed by atoms with Gasteiger partial charge in [-0.3, -0.25) is 4.79 Å². The van der Waals surface area contributed by atoms with Crippen molar-refractivity contribution in [3.8, 4) is 0 Å². The molecule has 0 aromatic carbocycles. The Morgan fingerprint density at radius 3 is 2.48 bits per heavy atom. The molecule has 21 heavy (non-hydrogen) atoms. The molecule has 0 N–H and O–H groups in total. The van der Waals surface area contributed by atoms with Gasteiger partial charge in [-0.1, -0.05) is 12.7 Å². The molecule has 0 aromatic heterocycles. The lowest BCUT2D eigenvalue weighted by Crippen LogP contribution is -2.55. The van der Waals surface area contributed by atoms with E-state index in [0.717, 1.165) is 0 Å². The topological polar surface area (TPSA) is 55.8 Å². The molecular formula is C16H27NO4. The summed E-state index contributed by atoms with van der Waals surface area (Å²) in [5.41, 5.74) is -0.953. The molecule has 1 saturated heterocycles. The van der Waals surface area contributed by atoms with Crippen LogP contribution in [0.5, 0.6) is 0 Å².